The second kappa shape index (κ2) is 2.63. The molecule has 0 aromatic heterocycles. The molecule has 0 spiro atoms. The van der Waals surface area contributed by atoms with Gasteiger partial charge in [-0.1, -0.05) is 0 Å². The first kappa shape index (κ1) is 13.0. The van der Waals surface area contributed by atoms with Crippen molar-refractivity contribution < 1.29 is 11.6 Å². The average Bonchev–Trinajstić information content (AvgIpc) is 2.71. The third-order valence-electron chi connectivity index (χ3n) is 3.54. The van der Waals surface area contributed by atoms with Crippen molar-refractivity contribution in [1.82, 2.24) is 0 Å². The fraction of sp³-hybridized carbons (Fsp3) is 0.333. The van der Waals surface area contributed by atoms with E-state index in [4.69, 9.17) is 0 Å². The molecular formula is C15H25PtSi. The van der Waals surface area contributed by atoms with E-state index in [-0.39, 0.29) is 0 Å². The number of hydrogen-bond acceptors (Lipinski definition) is 0. The molecule has 17 heavy (non-hydrogen) atoms. The predicted octanol–water partition coefficient (Wildman–Crippen LogP) is 3.39. The summed E-state index contributed by atoms with van der Waals surface area (Å²) < 4.78 is 3.28. The zero-order chi connectivity index (χ0) is 12.9. The molecule has 0 amide bonds. The van der Waals surface area contributed by atoms with Gasteiger partial charge in [-0.3, -0.25) is 0 Å². The van der Waals surface area contributed by atoms with Crippen molar-refractivity contribution in [3.63, 3.8) is 0 Å². The van der Waals surface area contributed by atoms with Crippen LogP contribution in [0.25, 0.3) is 0 Å². The van der Waals surface area contributed by atoms with Crippen molar-refractivity contribution in [3.05, 3.63) is 52.5 Å². The van der Waals surface area contributed by atoms with Crippen molar-refractivity contribution in [2.24, 2.45) is 0 Å². The van der Waals surface area contributed by atoms with Gasteiger partial charge in [0.1, 0.15) is 0 Å². The van der Waals surface area contributed by atoms with E-state index in [0.29, 0.717) is 0 Å². The van der Waals surface area contributed by atoms with Gasteiger partial charge in [0.15, 0.2) is 0 Å². The van der Waals surface area contributed by atoms with E-state index in [2.05, 4.69) is 69.8 Å². The van der Waals surface area contributed by atoms with Crippen LogP contribution < -0.4 is 3.95 Å². The molecule has 0 unspecified atom stereocenters. The van der Waals surface area contributed by atoms with Crippen LogP contribution in [0.15, 0.2) is 52.5 Å². The first-order chi connectivity index (χ1) is 7.46. The molecule has 0 radical (unpaired) electrons. The van der Waals surface area contributed by atoms with Gasteiger partial charge in [-0.15, -0.1) is 0 Å². The van der Waals surface area contributed by atoms with Gasteiger partial charge in [-0.2, -0.15) is 0 Å². The van der Waals surface area contributed by atoms with Gasteiger partial charge in [0, 0.05) is 0 Å². The second-order valence-electron chi connectivity index (χ2n) is 7.29. The minimum atomic E-state index is -3.56. The van der Waals surface area contributed by atoms with Crippen LogP contribution >= 0.6 is 0 Å². The van der Waals surface area contributed by atoms with E-state index in [9.17, 15) is 0 Å². The molecule has 1 aromatic carbocycles. The molecule has 0 fully saturated rings. The summed E-state index contributed by atoms with van der Waals surface area (Å²) in [5.74, 6) is 0. The Morgan fingerprint density at radius 2 is 1.59 bits per heavy atom. The Balaban J connectivity index is 2.82. The van der Waals surface area contributed by atoms with Gasteiger partial charge >= 0.3 is 104 Å². The second-order valence-corrected chi connectivity index (χ2v) is 70.6. The topological polar surface area (TPSA) is 0 Å². The van der Waals surface area contributed by atoms with Crippen molar-refractivity contribution in [2.75, 3.05) is 0 Å². The van der Waals surface area contributed by atoms with Crippen LogP contribution in [-0.2, 0) is 11.6 Å². The van der Waals surface area contributed by atoms with E-state index < -0.39 is 11.6 Å². The Kier molecular flexibility index (Phi) is 2.02. The molecule has 0 aliphatic heterocycles. The van der Waals surface area contributed by atoms with Crippen LogP contribution in [0.1, 0.15) is 6.42 Å². The van der Waals surface area contributed by atoms with E-state index >= 15 is 0 Å². The molecule has 0 N–H and O–H groups in total. The SMILES string of the molecule is [CH3][Pt]([CH3])([CH3])([CH3])([SiH3])([C]1=CC=CC1)[c]1ccccc1. The minimum absolute atomic E-state index is 1.15. The maximum atomic E-state index is 2.59. The summed E-state index contributed by atoms with van der Waals surface area (Å²) in [6, 6.07) is 11.2. The quantitative estimate of drug-likeness (QED) is 0.634. The summed E-state index contributed by atoms with van der Waals surface area (Å²) in [5.41, 5.74) is 0. The zero-order valence-electron chi connectivity index (χ0n) is 11.6. The molecule has 0 saturated heterocycles. The molecule has 0 bridgehead atoms. The molecule has 1 aromatic rings. The van der Waals surface area contributed by atoms with E-state index in [0.717, 1.165) is 6.42 Å². The standard InChI is InChI=1S/C6H5.C5H5.4CH3.Pt.H3Si/c1-2-4-6-5-3-1;1-2-4-5-3-1;;;;;;/h1-5H;1-3H,4H2;4*1H3;;1H3. The Labute approximate surface area is 104 Å². The maximum absolute atomic E-state index is 3.56. The predicted molar refractivity (Wildman–Crippen MR) is 81.3 cm³/mol. The molecule has 99 valence electrons. The number of allylic oxidation sites excluding steroid dienone is 4. The molecule has 2 rings (SSSR count). The fourth-order valence-corrected chi connectivity index (χ4v) is 16.4. The molecule has 2 heteroatoms. The number of benzene rings is 1. The monoisotopic (exact) mass is 428 g/mol. The number of hydrogen-bond donors (Lipinski definition) is 0. The van der Waals surface area contributed by atoms with E-state index in [1.807, 2.05) is 0 Å². The van der Waals surface area contributed by atoms with Crippen LogP contribution in [0.2, 0.25) is 21.3 Å². The van der Waals surface area contributed by atoms with Crippen molar-refractivity contribution in [3.8, 4) is 0 Å². The van der Waals surface area contributed by atoms with Crippen molar-refractivity contribution >= 4 is 12.2 Å². The molecule has 0 nitrogen and oxygen atoms in total. The van der Waals surface area contributed by atoms with Gasteiger partial charge in [0.2, 0.25) is 0 Å². The van der Waals surface area contributed by atoms with Crippen molar-refractivity contribution in [2.45, 2.75) is 27.7 Å². The molecule has 1 aliphatic rings. The molecule has 0 atom stereocenters. The average molecular weight is 429 g/mol. The zero-order valence-corrected chi connectivity index (χ0v) is 15.9. The summed E-state index contributed by atoms with van der Waals surface area (Å²) >= 11 is -3.56. The summed E-state index contributed by atoms with van der Waals surface area (Å²) in [5, 5.41) is 10.4. The van der Waals surface area contributed by atoms with Crippen LogP contribution in [0.3, 0.4) is 0 Å². The van der Waals surface area contributed by atoms with Gasteiger partial charge in [-0.05, 0) is 0 Å². The first-order valence-corrected chi connectivity index (χ1v) is 24.3. The van der Waals surface area contributed by atoms with Gasteiger partial charge in [0.25, 0.3) is 0 Å². The Hall–Kier alpha value is -0.395. The Morgan fingerprint density at radius 1 is 1.00 bits per heavy atom. The van der Waals surface area contributed by atoms with Crippen LogP contribution in [0.4, 0.5) is 0 Å². The van der Waals surface area contributed by atoms with Crippen LogP contribution in [0.5, 0.6) is 0 Å². The fourth-order valence-electron chi connectivity index (χ4n) is 2.15. The summed E-state index contributed by atoms with van der Waals surface area (Å²) in [6.07, 6.45) is 8.07. The Morgan fingerprint density at radius 3 is 2.06 bits per heavy atom. The first-order valence-electron chi connectivity index (χ1n) is 5.53. The van der Waals surface area contributed by atoms with Crippen molar-refractivity contribution in [1.29, 1.82) is 0 Å². The summed E-state index contributed by atoms with van der Waals surface area (Å²) in [6.45, 7) is 0. The normalized spacial score (nSPS) is 22.4. The third-order valence-corrected chi connectivity index (χ3v) is 26.7. The van der Waals surface area contributed by atoms with Gasteiger partial charge in [0.05, 0.1) is 0 Å². The molecule has 0 saturated carbocycles. The van der Waals surface area contributed by atoms with E-state index in [1.165, 1.54) is 8.21 Å². The van der Waals surface area contributed by atoms with E-state index in [1.54, 1.807) is 7.92 Å². The summed E-state index contributed by atoms with van der Waals surface area (Å²) in [7, 11) is 1.22. The van der Waals surface area contributed by atoms with Crippen LogP contribution in [-0.4, -0.2) is 8.21 Å². The van der Waals surface area contributed by atoms with Crippen LogP contribution in [0, 0.1) is 0 Å². The molecule has 0 heterocycles. The third kappa shape index (κ3) is 1.94. The molecular weight excluding hydrogens is 403 g/mol. The number of rotatable bonds is 2. The van der Waals surface area contributed by atoms with Gasteiger partial charge < -0.3 is 0 Å². The summed E-state index contributed by atoms with van der Waals surface area (Å²) in [4.78, 5) is 0. The Bertz CT molecular complexity index is 534. The van der Waals surface area contributed by atoms with Gasteiger partial charge in [-0.25, -0.2) is 0 Å². The molecule has 1 aliphatic carbocycles.